The molecule has 2 rings (SSSR count). The third kappa shape index (κ3) is 2.64. The van der Waals surface area contributed by atoms with Crippen LogP contribution >= 0.6 is 0 Å². The maximum atomic E-state index is 12.4. The van der Waals surface area contributed by atoms with Crippen molar-refractivity contribution in [2.45, 2.75) is 19.0 Å². The summed E-state index contributed by atoms with van der Waals surface area (Å²) < 4.78 is 41.9. The Labute approximate surface area is 99.8 Å². The molecule has 1 N–H and O–H groups in total. The van der Waals surface area contributed by atoms with Gasteiger partial charge in [-0.1, -0.05) is 6.07 Å². The number of aliphatic carboxylic acids is 1. The summed E-state index contributed by atoms with van der Waals surface area (Å²) in [4.78, 5) is 10.4. The minimum Gasteiger partial charge on any atom is -0.481 e. The van der Waals surface area contributed by atoms with Crippen LogP contribution in [0.1, 0.15) is 17.7 Å². The van der Waals surface area contributed by atoms with Gasteiger partial charge < -0.3 is 9.52 Å². The second-order valence-electron chi connectivity index (χ2n) is 3.87. The Kier molecular flexibility index (Phi) is 3.02. The lowest BCUT2D eigenvalue weighted by Gasteiger charge is -1.99. The Morgan fingerprint density at radius 2 is 2.00 bits per heavy atom. The number of alkyl halides is 3. The predicted octanol–water partition coefficient (Wildman–Crippen LogP) is 3.47. The number of hydrogen-bond donors (Lipinski definition) is 1. The standard InChI is InChI=1S/C12H9F3O3/c13-12(14,15)10-6-8-5-7(2-4-11(16)17)1-3-9(8)18-10/h1,3,5-6H,2,4H2,(H,16,17). The van der Waals surface area contributed by atoms with Gasteiger partial charge in [0.25, 0.3) is 0 Å². The number of rotatable bonds is 3. The first-order valence-electron chi connectivity index (χ1n) is 5.18. The van der Waals surface area contributed by atoms with Crippen LogP contribution in [0.4, 0.5) is 13.2 Å². The first-order valence-corrected chi connectivity index (χ1v) is 5.18. The molecule has 0 unspecified atom stereocenters. The Morgan fingerprint density at radius 1 is 1.28 bits per heavy atom. The monoisotopic (exact) mass is 258 g/mol. The van der Waals surface area contributed by atoms with E-state index in [-0.39, 0.29) is 18.4 Å². The molecule has 18 heavy (non-hydrogen) atoms. The zero-order chi connectivity index (χ0) is 13.3. The summed E-state index contributed by atoms with van der Waals surface area (Å²) in [5, 5.41) is 8.86. The Bertz CT molecular complexity index is 584. The summed E-state index contributed by atoms with van der Waals surface area (Å²) in [5.74, 6) is -1.99. The van der Waals surface area contributed by atoms with Crippen molar-refractivity contribution in [3.05, 3.63) is 35.6 Å². The van der Waals surface area contributed by atoms with E-state index in [0.717, 1.165) is 6.07 Å². The number of benzene rings is 1. The van der Waals surface area contributed by atoms with Crippen LogP contribution in [0.15, 0.2) is 28.7 Å². The van der Waals surface area contributed by atoms with Gasteiger partial charge in [0.2, 0.25) is 5.76 Å². The molecule has 0 aliphatic heterocycles. The fourth-order valence-electron chi connectivity index (χ4n) is 1.64. The molecular weight excluding hydrogens is 249 g/mol. The van der Waals surface area contributed by atoms with Gasteiger partial charge in [-0.3, -0.25) is 4.79 Å². The van der Waals surface area contributed by atoms with E-state index >= 15 is 0 Å². The third-order valence-electron chi connectivity index (χ3n) is 2.49. The fraction of sp³-hybridized carbons (Fsp3) is 0.250. The van der Waals surface area contributed by atoms with E-state index < -0.39 is 17.9 Å². The second-order valence-corrected chi connectivity index (χ2v) is 3.87. The van der Waals surface area contributed by atoms with Gasteiger partial charge in [-0.15, -0.1) is 0 Å². The summed E-state index contributed by atoms with van der Waals surface area (Å²) in [6.07, 6.45) is -4.30. The molecule has 1 aromatic carbocycles. The minimum atomic E-state index is -4.51. The zero-order valence-corrected chi connectivity index (χ0v) is 9.12. The number of carbonyl (C=O) groups is 1. The van der Waals surface area contributed by atoms with Crippen molar-refractivity contribution < 1.29 is 27.5 Å². The topological polar surface area (TPSA) is 50.4 Å². The van der Waals surface area contributed by atoms with Crippen molar-refractivity contribution in [1.29, 1.82) is 0 Å². The van der Waals surface area contributed by atoms with Crippen molar-refractivity contribution >= 4 is 16.9 Å². The molecule has 0 bridgehead atoms. The smallest absolute Gasteiger partial charge is 0.449 e. The molecule has 0 saturated carbocycles. The van der Waals surface area contributed by atoms with E-state index in [4.69, 9.17) is 5.11 Å². The molecule has 0 amide bonds. The highest BCUT2D eigenvalue weighted by Crippen LogP contribution is 2.34. The molecule has 0 aliphatic carbocycles. The Hall–Kier alpha value is -1.98. The second kappa shape index (κ2) is 4.36. The predicted molar refractivity (Wildman–Crippen MR) is 57.2 cm³/mol. The quantitative estimate of drug-likeness (QED) is 0.917. The van der Waals surface area contributed by atoms with Crippen LogP contribution < -0.4 is 0 Å². The largest absolute Gasteiger partial charge is 0.481 e. The summed E-state index contributed by atoms with van der Waals surface area (Å²) in [5.41, 5.74) is 0.806. The summed E-state index contributed by atoms with van der Waals surface area (Å²) in [6, 6.07) is 5.41. The van der Waals surface area contributed by atoms with Crippen molar-refractivity contribution in [1.82, 2.24) is 0 Å². The van der Waals surface area contributed by atoms with E-state index in [1.54, 1.807) is 6.07 Å². The molecule has 96 valence electrons. The van der Waals surface area contributed by atoms with E-state index in [2.05, 4.69) is 4.42 Å². The average molecular weight is 258 g/mol. The number of hydrogen-bond acceptors (Lipinski definition) is 2. The van der Waals surface area contributed by atoms with Crippen molar-refractivity contribution in [3.8, 4) is 0 Å². The molecular formula is C12H9F3O3. The minimum absolute atomic E-state index is 0.0600. The zero-order valence-electron chi connectivity index (χ0n) is 9.12. The first-order chi connectivity index (χ1) is 8.36. The summed E-state index contributed by atoms with van der Waals surface area (Å²) >= 11 is 0. The number of furan rings is 1. The number of aryl methyl sites for hydroxylation is 1. The van der Waals surface area contributed by atoms with Gasteiger partial charge in [-0.25, -0.2) is 0 Å². The van der Waals surface area contributed by atoms with Crippen LogP contribution in [0.25, 0.3) is 11.0 Å². The molecule has 3 nitrogen and oxygen atoms in total. The van der Waals surface area contributed by atoms with E-state index in [9.17, 15) is 18.0 Å². The maximum absolute atomic E-state index is 12.4. The molecule has 0 fully saturated rings. The number of halogens is 3. The number of fused-ring (bicyclic) bond motifs is 1. The molecule has 6 heteroatoms. The maximum Gasteiger partial charge on any atom is 0.449 e. The highest BCUT2D eigenvalue weighted by Gasteiger charge is 2.35. The van der Waals surface area contributed by atoms with Gasteiger partial charge in [-0.05, 0) is 30.2 Å². The van der Waals surface area contributed by atoms with Gasteiger partial charge >= 0.3 is 12.1 Å². The van der Waals surface area contributed by atoms with Crippen LogP contribution in [0, 0.1) is 0 Å². The van der Waals surface area contributed by atoms with Crippen LogP contribution in [0.5, 0.6) is 0 Å². The lowest BCUT2D eigenvalue weighted by Crippen LogP contribution is -2.01. The molecule has 0 radical (unpaired) electrons. The molecule has 1 aromatic heterocycles. The molecule has 0 aliphatic rings. The average Bonchev–Trinajstić information content (AvgIpc) is 2.68. The lowest BCUT2D eigenvalue weighted by atomic mass is 10.1. The van der Waals surface area contributed by atoms with Crippen molar-refractivity contribution in [3.63, 3.8) is 0 Å². The number of carboxylic acid groups (broad SMARTS) is 1. The van der Waals surface area contributed by atoms with Crippen molar-refractivity contribution in [2.24, 2.45) is 0 Å². The van der Waals surface area contributed by atoms with E-state index in [1.807, 2.05) is 0 Å². The molecule has 0 spiro atoms. The first kappa shape index (κ1) is 12.5. The summed E-state index contributed by atoms with van der Waals surface area (Å²) in [6.45, 7) is 0. The summed E-state index contributed by atoms with van der Waals surface area (Å²) in [7, 11) is 0. The van der Waals surface area contributed by atoms with Gasteiger partial charge in [0.05, 0.1) is 0 Å². The van der Waals surface area contributed by atoms with Crippen molar-refractivity contribution in [2.75, 3.05) is 0 Å². The van der Waals surface area contributed by atoms with Crippen LogP contribution in [0.3, 0.4) is 0 Å². The molecule has 1 heterocycles. The lowest BCUT2D eigenvalue weighted by molar-refractivity contribution is -0.152. The molecule has 2 aromatic rings. The molecule has 0 atom stereocenters. The molecule has 0 saturated heterocycles. The Morgan fingerprint density at radius 3 is 2.61 bits per heavy atom. The third-order valence-corrected chi connectivity index (χ3v) is 2.49. The van der Waals surface area contributed by atoms with E-state index in [0.29, 0.717) is 10.9 Å². The highest BCUT2D eigenvalue weighted by atomic mass is 19.4. The highest BCUT2D eigenvalue weighted by molar-refractivity contribution is 5.79. The SMILES string of the molecule is O=C(O)CCc1ccc2oc(C(F)(F)F)cc2c1. The fourth-order valence-corrected chi connectivity index (χ4v) is 1.64. The van der Waals surface area contributed by atoms with Gasteiger partial charge in [0.15, 0.2) is 0 Å². The van der Waals surface area contributed by atoms with Gasteiger partial charge in [-0.2, -0.15) is 13.2 Å². The van der Waals surface area contributed by atoms with Crippen LogP contribution in [-0.4, -0.2) is 11.1 Å². The van der Waals surface area contributed by atoms with Crippen LogP contribution in [0.2, 0.25) is 0 Å². The van der Waals surface area contributed by atoms with Crippen LogP contribution in [-0.2, 0) is 17.4 Å². The normalized spacial score (nSPS) is 11.9. The number of carboxylic acids is 1. The Balaban J connectivity index is 2.31. The van der Waals surface area contributed by atoms with Gasteiger partial charge in [0.1, 0.15) is 5.58 Å². The van der Waals surface area contributed by atoms with E-state index in [1.165, 1.54) is 12.1 Å². The van der Waals surface area contributed by atoms with Gasteiger partial charge in [0, 0.05) is 11.8 Å².